The summed E-state index contributed by atoms with van der Waals surface area (Å²) in [5.74, 6) is -0.205. The number of hydrogen-bond acceptors (Lipinski definition) is 2. The Balaban J connectivity index is 1.81. The zero-order valence-electron chi connectivity index (χ0n) is 11.7. The fourth-order valence-corrected chi connectivity index (χ4v) is 2.98. The molecule has 2 atom stereocenters. The second kappa shape index (κ2) is 5.82. The van der Waals surface area contributed by atoms with E-state index in [9.17, 15) is 8.78 Å². The van der Waals surface area contributed by atoms with Gasteiger partial charge in [0.25, 0.3) is 0 Å². The van der Waals surface area contributed by atoms with Crippen LogP contribution in [0.3, 0.4) is 0 Å². The highest BCUT2D eigenvalue weighted by molar-refractivity contribution is 5.48. The van der Waals surface area contributed by atoms with Gasteiger partial charge in [0.05, 0.1) is 0 Å². The van der Waals surface area contributed by atoms with E-state index in [0.717, 1.165) is 30.8 Å². The summed E-state index contributed by atoms with van der Waals surface area (Å²) in [6.45, 7) is 1.56. The number of nitrogens with two attached hydrogens (primary N) is 1. The lowest BCUT2D eigenvalue weighted by Crippen LogP contribution is -2.46. The maximum atomic E-state index is 13.0. The maximum Gasteiger partial charge on any atom is 0.123 e. The summed E-state index contributed by atoms with van der Waals surface area (Å²) in [6, 6.07) is 13.1. The van der Waals surface area contributed by atoms with Crippen molar-refractivity contribution in [1.82, 2.24) is 0 Å². The monoisotopic (exact) mass is 288 g/mol. The van der Waals surface area contributed by atoms with Crippen LogP contribution >= 0.6 is 0 Å². The van der Waals surface area contributed by atoms with Crippen molar-refractivity contribution in [3.8, 4) is 0 Å². The molecule has 0 bridgehead atoms. The van der Waals surface area contributed by atoms with Crippen molar-refractivity contribution in [1.29, 1.82) is 0 Å². The molecule has 21 heavy (non-hydrogen) atoms. The second-order valence-electron chi connectivity index (χ2n) is 5.63. The summed E-state index contributed by atoms with van der Waals surface area (Å²) in [7, 11) is 0. The van der Waals surface area contributed by atoms with Crippen LogP contribution in [0.15, 0.2) is 48.5 Å². The van der Waals surface area contributed by atoms with Crippen molar-refractivity contribution in [2.75, 3.05) is 18.0 Å². The summed E-state index contributed by atoms with van der Waals surface area (Å²) in [5.41, 5.74) is 8.23. The molecule has 1 heterocycles. The molecule has 0 spiro atoms. The Hall–Kier alpha value is -1.94. The molecule has 2 nitrogen and oxygen atoms in total. The Bertz CT molecular complexity index is 542. The molecule has 0 radical (unpaired) electrons. The van der Waals surface area contributed by atoms with Crippen LogP contribution in [0, 0.1) is 11.6 Å². The van der Waals surface area contributed by atoms with Gasteiger partial charge in [0.15, 0.2) is 0 Å². The Labute approximate surface area is 123 Å². The number of piperidine rings is 1. The molecule has 1 fully saturated rings. The predicted octanol–water partition coefficient (Wildman–Crippen LogP) is 3.29. The van der Waals surface area contributed by atoms with Gasteiger partial charge in [-0.2, -0.15) is 0 Å². The molecule has 2 aromatic carbocycles. The Morgan fingerprint density at radius 1 is 0.857 bits per heavy atom. The van der Waals surface area contributed by atoms with Crippen LogP contribution in [0.1, 0.15) is 17.9 Å². The average molecular weight is 288 g/mol. The third-order valence-corrected chi connectivity index (χ3v) is 4.02. The predicted molar refractivity (Wildman–Crippen MR) is 80.3 cm³/mol. The lowest BCUT2D eigenvalue weighted by atomic mass is 9.88. The van der Waals surface area contributed by atoms with E-state index in [1.807, 2.05) is 12.1 Å². The van der Waals surface area contributed by atoms with Crippen molar-refractivity contribution in [2.24, 2.45) is 5.73 Å². The van der Waals surface area contributed by atoms with Crippen LogP contribution in [-0.4, -0.2) is 19.1 Å². The fraction of sp³-hybridized carbons (Fsp3) is 0.294. The van der Waals surface area contributed by atoms with Crippen LogP contribution in [0.25, 0.3) is 0 Å². The van der Waals surface area contributed by atoms with Gasteiger partial charge < -0.3 is 10.6 Å². The van der Waals surface area contributed by atoms with E-state index in [-0.39, 0.29) is 23.6 Å². The van der Waals surface area contributed by atoms with Crippen LogP contribution in [0.2, 0.25) is 0 Å². The molecule has 0 aromatic heterocycles. The molecular weight excluding hydrogens is 270 g/mol. The molecule has 0 aliphatic carbocycles. The molecular formula is C17H18F2N2. The van der Waals surface area contributed by atoms with E-state index in [4.69, 9.17) is 5.73 Å². The van der Waals surface area contributed by atoms with Crippen LogP contribution < -0.4 is 10.6 Å². The topological polar surface area (TPSA) is 29.3 Å². The smallest absolute Gasteiger partial charge is 0.123 e. The highest BCUT2D eigenvalue weighted by Gasteiger charge is 2.26. The Kier molecular flexibility index (Phi) is 3.88. The summed E-state index contributed by atoms with van der Waals surface area (Å²) in [5, 5.41) is 0. The van der Waals surface area contributed by atoms with Crippen molar-refractivity contribution in [3.63, 3.8) is 0 Å². The highest BCUT2D eigenvalue weighted by Crippen LogP contribution is 2.29. The van der Waals surface area contributed by atoms with E-state index in [2.05, 4.69) is 4.90 Å². The lowest BCUT2D eigenvalue weighted by Gasteiger charge is -2.38. The zero-order valence-corrected chi connectivity index (χ0v) is 11.7. The molecule has 4 heteroatoms. The highest BCUT2D eigenvalue weighted by atomic mass is 19.1. The first-order chi connectivity index (χ1) is 10.1. The first-order valence-electron chi connectivity index (χ1n) is 7.13. The molecule has 2 unspecified atom stereocenters. The van der Waals surface area contributed by atoms with Gasteiger partial charge in [-0.1, -0.05) is 12.1 Å². The number of rotatable bonds is 2. The lowest BCUT2D eigenvalue weighted by molar-refractivity contribution is 0.453. The van der Waals surface area contributed by atoms with Crippen LogP contribution in [-0.2, 0) is 0 Å². The summed E-state index contributed by atoms with van der Waals surface area (Å²) in [6.07, 6.45) is 0.878. The first kappa shape index (κ1) is 14.0. The minimum atomic E-state index is -0.241. The molecule has 0 saturated carbocycles. The Morgan fingerprint density at radius 3 is 2.05 bits per heavy atom. The number of benzene rings is 2. The average Bonchev–Trinajstić information content (AvgIpc) is 2.48. The quantitative estimate of drug-likeness (QED) is 0.919. The normalized spacial score (nSPS) is 22.3. The molecule has 0 amide bonds. The fourth-order valence-electron chi connectivity index (χ4n) is 2.98. The van der Waals surface area contributed by atoms with Gasteiger partial charge in [-0.3, -0.25) is 0 Å². The summed E-state index contributed by atoms with van der Waals surface area (Å²) < 4.78 is 26.1. The molecule has 3 rings (SSSR count). The number of halogens is 2. The standard InChI is InChI=1S/C17H18F2N2/c18-14-3-1-12(2-4-14)13-9-16(20)11-21(10-13)17-7-5-15(19)6-8-17/h1-8,13,16H,9-11,20H2. The molecule has 110 valence electrons. The SMILES string of the molecule is NC1CC(c2ccc(F)cc2)CN(c2ccc(F)cc2)C1. The van der Waals surface area contributed by atoms with Gasteiger partial charge in [0.1, 0.15) is 11.6 Å². The van der Waals surface area contributed by atoms with Gasteiger partial charge in [0.2, 0.25) is 0 Å². The van der Waals surface area contributed by atoms with Crippen LogP contribution in [0.4, 0.5) is 14.5 Å². The maximum absolute atomic E-state index is 13.0. The molecule has 1 saturated heterocycles. The minimum Gasteiger partial charge on any atom is -0.369 e. The molecule has 1 aliphatic heterocycles. The van der Waals surface area contributed by atoms with Crippen molar-refractivity contribution in [2.45, 2.75) is 18.4 Å². The van der Waals surface area contributed by atoms with Crippen LogP contribution in [0.5, 0.6) is 0 Å². The van der Waals surface area contributed by atoms with E-state index in [1.165, 1.54) is 24.3 Å². The first-order valence-corrected chi connectivity index (χ1v) is 7.13. The molecule has 2 N–H and O–H groups in total. The number of nitrogens with zero attached hydrogens (tertiary/aromatic N) is 1. The number of anilines is 1. The number of hydrogen-bond donors (Lipinski definition) is 1. The molecule has 2 aromatic rings. The van der Waals surface area contributed by atoms with E-state index >= 15 is 0 Å². The zero-order chi connectivity index (χ0) is 14.8. The van der Waals surface area contributed by atoms with E-state index in [1.54, 1.807) is 12.1 Å². The van der Waals surface area contributed by atoms with Crippen molar-refractivity contribution >= 4 is 5.69 Å². The third-order valence-electron chi connectivity index (χ3n) is 4.02. The molecule has 1 aliphatic rings. The Morgan fingerprint density at radius 2 is 1.43 bits per heavy atom. The van der Waals surface area contributed by atoms with Gasteiger partial charge in [-0.05, 0) is 48.4 Å². The third kappa shape index (κ3) is 3.22. The van der Waals surface area contributed by atoms with Gasteiger partial charge in [0, 0.05) is 30.7 Å². The van der Waals surface area contributed by atoms with Gasteiger partial charge in [-0.25, -0.2) is 8.78 Å². The summed E-state index contributed by atoms with van der Waals surface area (Å²) in [4.78, 5) is 2.17. The van der Waals surface area contributed by atoms with Gasteiger partial charge >= 0.3 is 0 Å². The minimum absolute atomic E-state index is 0.0545. The van der Waals surface area contributed by atoms with Crippen molar-refractivity contribution in [3.05, 3.63) is 65.7 Å². The van der Waals surface area contributed by atoms with Gasteiger partial charge in [-0.15, -0.1) is 0 Å². The van der Waals surface area contributed by atoms with Crippen molar-refractivity contribution < 1.29 is 8.78 Å². The largest absolute Gasteiger partial charge is 0.369 e. The summed E-state index contributed by atoms with van der Waals surface area (Å²) >= 11 is 0. The second-order valence-corrected chi connectivity index (χ2v) is 5.63. The van der Waals surface area contributed by atoms with E-state index in [0.29, 0.717) is 0 Å². The van der Waals surface area contributed by atoms with E-state index < -0.39 is 0 Å².